The summed E-state index contributed by atoms with van der Waals surface area (Å²) in [5.41, 5.74) is 4.60. The van der Waals surface area contributed by atoms with Gasteiger partial charge in [-0.05, 0) is 43.5 Å². The quantitative estimate of drug-likeness (QED) is 0.706. The number of benzene rings is 1. The molecule has 2 heterocycles. The molecular formula is C17H16N2. The second-order valence-electron chi connectivity index (χ2n) is 4.77. The number of hydrogen-bond donors (Lipinski definition) is 0. The van der Waals surface area contributed by atoms with E-state index in [4.69, 9.17) is 4.98 Å². The molecule has 0 fully saturated rings. The van der Waals surface area contributed by atoms with E-state index in [1.807, 2.05) is 18.3 Å². The van der Waals surface area contributed by atoms with Gasteiger partial charge < -0.3 is 0 Å². The summed E-state index contributed by atoms with van der Waals surface area (Å²) in [4.78, 5) is 9.11. The van der Waals surface area contributed by atoms with Crippen molar-refractivity contribution >= 4 is 10.9 Å². The summed E-state index contributed by atoms with van der Waals surface area (Å²) >= 11 is 0. The van der Waals surface area contributed by atoms with E-state index < -0.39 is 0 Å². The highest BCUT2D eigenvalue weighted by atomic mass is 14.7. The van der Waals surface area contributed by atoms with Crippen LogP contribution in [0.4, 0.5) is 0 Å². The van der Waals surface area contributed by atoms with Gasteiger partial charge in [0.05, 0.1) is 5.52 Å². The van der Waals surface area contributed by atoms with Crippen LogP contribution in [0.25, 0.3) is 10.9 Å². The molecule has 3 rings (SSSR count). The molecule has 19 heavy (non-hydrogen) atoms. The van der Waals surface area contributed by atoms with Crippen molar-refractivity contribution in [3.8, 4) is 0 Å². The van der Waals surface area contributed by atoms with Crippen molar-refractivity contribution < 1.29 is 0 Å². The highest BCUT2D eigenvalue weighted by Gasteiger charge is 2.02. The third kappa shape index (κ3) is 2.63. The zero-order valence-corrected chi connectivity index (χ0v) is 11.0. The van der Waals surface area contributed by atoms with E-state index >= 15 is 0 Å². The second kappa shape index (κ2) is 5.19. The molecule has 2 nitrogen and oxygen atoms in total. The Hall–Kier alpha value is -2.22. The van der Waals surface area contributed by atoms with Crippen molar-refractivity contribution in [2.75, 3.05) is 0 Å². The number of para-hydroxylation sites is 1. The third-order valence-electron chi connectivity index (χ3n) is 3.34. The van der Waals surface area contributed by atoms with Crippen LogP contribution in [-0.2, 0) is 12.8 Å². The predicted octanol–water partition coefficient (Wildman–Crippen LogP) is 3.72. The molecule has 0 unspecified atom stereocenters. The fourth-order valence-electron chi connectivity index (χ4n) is 2.28. The van der Waals surface area contributed by atoms with Gasteiger partial charge in [-0.15, -0.1) is 0 Å². The topological polar surface area (TPSA) is 25.8 Å². The Morgan fingerprint density at radius 3 is 2.58 bits per heavy atom. The lowest BCUT2D eigenvalue weighted by molar-refractivity contribution is 0.886. The first-order valence-corrected chi connectivity index (χ1v) is 6.58. The predicted molar refractivity (Wildman–Crippen MR) is 78.1 cm³/mol. The van der Waals surface area contributed by atoms with Gasteiger partial charge in [-0.25, -0.2) is 0 Å². The first-order valence-electron chi connectivity index (χ1n) is 6.58. The zero-order valence-electron chi connectivity index (χ0n) is 11.0. The minimum Gasteiger partial charge on any atom is -0.261 e. The van der Waals surface area contributed by atoms with E-state index in [9.17, 15) is 0 Å². The SMILES string of the molecule is Cc1cccc2ccc(CCc3ccccn3)nc12. The Morgan fingerprint density at radius 1 is 0.842 bits per heavy atom. The van der Waals surface area contributed by atoms with Crippen LogP contribution in [-0.4, -0.2) is 9.97 Å². The van der Waals surface area contributed by atoms with Crippen molar-refractivity contribution in [1.82, 2.24) is 9.97 Å². The van der Waals surface area contributed by atoms with Crippen molar-refractivity contribution in [2.24, 2.45) is 0 Å². The Kier molecular flexibility index (Phi) is 3.23. The summed E-state index contributed by atoms with van der Waals surface area (Å²) in [5.74, 6) is 0. The van der Waals surface area contributed by atoms with Crippen LogP contribution in [0, 0.1) is 6.92 Å². The molecule has 0 radical (unpaired) electrons. The molecule has 3 aromatic rings. The molecule has 0 spiro atoms. The number of hydrogen-bond acceptors (Lipinski definition) is 2. The Balaban J connectivity index is 1.84. The van der Waals surface area contributed by atoms with Gasteiger partial charge in [0.15, 0.2) is 0 Å². The summed E-state index contributed by atoms with van der Waals surface area (Å²) in [6, 6.07) is 16.6. The molecule has 0 aliphatic carbocycles. The number of aryl methyl sites for hydroxylation is 3. The first kappa shape index (κ1) is 11.8. The van der Waals surface area contributed by atoms with Gasteiger partial charge in [0.25, 0.3) is 0 Å². The van der Waals surface area contributed by atoms with Crippen LogP contribution in [0.5, 0.6) is 0 Å². The lowest BCUT2D eigenvalue weighted by atomic mass is 10.1. The van der Waals surface area contributed by atoms with Crippen LogP contribution in [0.2, 0.25) is 0 Å². The molecule has 0 aliphatic rings. The van der Waals surface area contributed by atoms with Gasteiger partial charge in [-0.1, -0.05) is 30.3 Å². The summed E-state index contributed by atoms with van der Waals surface area (Å²) in [6.45, 7) is 2.11. The molecule has 0 amide bonds. The summed E-state index contributed by atoms with van der Waals surface area (Å²) < 4.78 is 0. The highest BCUT2D eigenvalue weighted by Crippen LogP contribution is 2.17. The monoisotopic (exact) mass is 248 g/mol. The number of rotatable bonds is 3. The molecule has 1 aromatic carbocycles. The maximum absolute atomic E-state index is 4.76. The number of fused-ring (bicyclic) bond motifs is 1. The zero-order chi connectivity index (χ0) is 13.1. The largest absolute Gasteiger partial charge is 0.261 e. The van der Waals surface area contributed by atoms with Gasteiger partial charge in [0.2, 0.25) is 0 Å². The fourth-order valence-corrected chi connectivity index (χ4v) is 2.28. The normalized spacial score (nSPS) is 10.8. The lowest BCUT2D eigenvalue weighted by Gasteiger charge is -2.05. The first-order chi connectivity index (χ1) is 9.33. The van der Waals surface area contributed by atoms with E-state index in [1.165, 1.54) is 10.9 Å². The van der Waals surface area contributed by atoms with Crippen molar-refractivity contribution in [2.45, 2.75) is 19.8 Å². The molecule has 0 atom stereocenters. The smallest absolute Gasteiger partial charge is 0.0734 e. The molecule has 94 valence electrons. The van der Waals surface area contributed by atoms with Crippen molar-refractivity contribution in [3.63, 3.8) is 0 Å². The maximum Gasteiger partial charge on any atom is 0.0734 e. The summed E-state index contributed by atoms with van der Waals surface area (Å²) in [5, 5.41) is 1.21. The molecule has 0 N–H and O–H groups in total. The highest BCUT2D eigenvalue weighted by molar-refractivity contribution is 5.81. The Bertz CT molecular complexity index is 690. The fraction of sp³-hybridized carbons (Fsp3) is 0.176. The standard InChI is InChI=1S/C17H16N2/c1-13-5-4-6-14-8-9-16(19-17(13)14)11-10-15-7-2-3-12-18-15/h2-9,12H,10-11H2,1H3. The lowest BCUT2D eigenvalue weighted by Crippen LogP contribution is -1.97. The van der Waals surface area contributed by atoms with E-state index in [-0.39, 0.29) is 0 Å². The number of aromatic nitrogens is 2. The summed E-state index contributed by atoms with van der Waals surface area (Å²) in [7, 11) is 0. The molecule has 0 bridgehead atoms. The van der Waals surface area contributed by atoms with Gasteiger partial charge in [0, 0.05) is 23.0 Å². The van der Waals surface area contributed by atoms with Crippen LogP contribution >= 0.6 is 0 Å². The van der Waals surface area contributed by atoms with Crippen LogP contribution in [0.15, 0.2) is 54.7 Å². The average Bonchev–Trinajstić information content (AvgIpc) is 2.47. The van der Waals surface area contributed by atoms with Gasteiger partial charge in [-0.2, -0.15) is 0 Å². The molecule has 0 saturated carbocycles. The average molecular weight is 248 g/mol. The van der Waals surface area contributed by atoms with Crippen LogP contribution < -0.4 is 0 Å². The van der Waals surface area contributed by atoms with Crippen molar-refractivity contribution in [3.05, 3.63) is 71.7 Å². The third-order valence-corrected chi connectivity index (χ3v) is 3.34. The maximum atomic E-state index is 4.76. The van der Waals surface area contributed by atoms with E-state index in [0.29, 0.717) is 0 Å². The number of pyridine rings is 2. The molecule has 2 aromatic heterocycles. The van der Waals surface area contributed by atoms with Gasteiger partial charge >= 0.3 is 0 Å². The Morgan fingerprint density at radius 2 is 1.74 bits per heavy atom. The Labute approximate surface area is 113 Å². The molecule has 0 aliphatic heterocycles. The van der Waals surface area contributed by atoms with E-state index in [2.05, 4.69) is 48.3 Å². The van der Waals surface area contributed by atoms with Gasteiger partial charge in [-0.3, -0.25) is 9.97 Å². The summed E-state index contributed by atoms with van der Waals surface area (Å²) in [6.07, 6.45) is 3.71. The van der Waals surface area contributed by atoms with Gasteiger partial charge in [0.1, 0.15) is 0 Å². The minimum absolute atomic E-state index is 0.932. The van der Waals surface area contributed by atoms with Crippen molar-refractivity contribution in [1.29, 1.82) is 0 Å². The molecule has 0 saturated heterocycles. The van der Waals surface area contributed by atoms with Crippen LogP contribution in [0.1, 0.15) is 17.0 Å². The molecule has 2 heteroatoms. The minimum atomic E-state index is 0.932. The van der Waals surface area contributed by atoms with E-state index in [0.717, 1.165) is 29.7 Å². The molecular weight excluding hydrogens is 232 g/mol. The second-order valence-corrected chi connectivity index (χ2v) is 4.77. The van der Waals surface area contributed by atoms with Crippen LogP contribution in [0.3, 0.4) is 0 Å². The van der Waals surface area contributed by atoms with E-state index in [1.54, 1.807) is 0 Å². The number of nitrogens with zero attached hydrogens (tertiary/aromatic N) is 2.